The molecule has 3 heterocycles. The molecule has 0 aliphatic carbocycles. The molecular formula is C28H27N9O3S. The number of nitrogens with zero attached hydrogens (tertiary/aromatic N) is 7. The summed E-state index contributed by atoms with van der Waals surface area (Å²) in [5.41, 5.74) is 13.2. The van der Waals surface area contributed by atoms with Gasteiger partial charge < -0.3 is 11.5 Å². The van der Waals surface area contributed by atoms with Crippen LogP contribution >= 0.6 is 0 Å². The minimum Gasteiger partial charge on any atom is -0.382 e. The first-order valence-corrected chi connectivity index (χ1v) is 14.2. The van der Waals surface area contributed by atoms with Gasteiger partial charge in [0.15, 0.2) is 0 Å². The standard InChI is InChI=1S/C23H22N4O3S.C5H5N5/c1-4-20-25-19-12-8-11-18(16-13-14-24-21(15-16)26(2)31(3,29)30)22(19)23(28)27(20)17-9-6-5-7-10-17;6-1-3-2-9-5(8)10-4(3)7/h5-15H,4H2,1-3H3;2H,(H4,7,8,9,10). The third kappa shape index (κ3) is 6.13. The maximum absolute atomic E-state index is 13.7. The second-order valence-electron chi connectivity index (χ2n) is 8.83. The van der Waals surface area contributed by atoms with E-state index in [-0.39, 0.29) is 28.7 Å². The molecule has 2 aromatic carbocycles. The first-order valence-electron chi connectivity index (χ1n) is 12.3. The van der Waals surface area contributed by atoms with E-state index in [9.17, 15) is 13.2 Å². The number of sulfonamides is 1. The molecular weight excluding hydrogens is 542 g/mol. The molecule has 0 bridgehead atoms. The van der Waals surface area contributed by atoms with Crippen LogP contribution < -0.4 is 21.3 Å². The SMILES string of the molecule is CCc1nc2cccc(-c3ccnc(N(C)S(C)(=O)=O)c3)c2c(=O)n1-c1ccccc1.N#Cc1cnc(N)nc1N. The minimum absolute atomic E-state index is 0.0801. The molecule has 0 spiro atoms. The molecule has 0 saturated carbocycles. The highest BCUT2D eigenvalue weighted by molar-refractivity contribution is 7.92. The van der Waals surface area contributed by atoms with Crippen LogP contribution in [0.1, 0.15) is 18.3 Å². The van der Waals surface area contributed by atoms with Crippen LogP contribution in [0, 0.1) is 11.3 Å². The average molecular weight is 570 g/mol. The van der Waals surface area contributed by atoms with Crippen LogP contribution in [0.2, 0.25) is 0 Å². The lowest BCUT2D eigenvalue weighted by molar-refractivity contribution is 0.600. The molecule has 208 valence electrons. The molecule has 12 nitrogen and oxygen atoms in total. The van der Waals surface area contributed by atoms with Gasteiger partial charge in [0.1, 0.15) is 29.1 Å². The normalized spacial score (nSPS) is 10.9. The number of hydrogen-bond donors (Lipinski definition) is 2. The van der Waals surface area contributed by atoms with Crippen LogP contribution in [0.4, 0.5) is 17.6 Å². The molecule has 0 saturated heterocycles. The third-order valence-corrected chi connectivity index (χ3v) is 7.31. The number of anilines is 3. The number of nitriles is 1. The average Bonchev–Trinajstić information content (AvgIpc) is 2.96. The van der Waals surface area contributed by atoms with E-state index in [0.717, 1.165) is 16.2 Å². The van der Waals surface area contributed by atoms with Crippen molar-refractivity contribution in [2.45, 2.75) is 13.3 Å². The van der Waals surface area contributed by atoms with Crippen LogP contribution in [0.5, 0.6) is 0 Å². The van der Waals surface area contributed by atoms with Gasteiger partial charge in [-0.3, -0.25) is 13.7 Å². The first kappa shape index (κ1) is 28.7. The number of aromatic nitrogens is 5. The summed E-state index contributed by atoms with van der Waals surface area (Å²) in [5, 5.41) is 8.83. The molecule has 0 aliphatic heterocycles. The Bertz CT molecular complexity index is 1940. The van der Waals surface area contributed by atoms with Crippen molar-refractivity contribution >= 4 is 38.5 Å². The number of benzene rings is 2. The van der Waals surface area contributed by atoms with Gasteiger partial charge in [0.25, 0.3) is 5.56 Å². The zero-order chi connectivity index (χ0) is 29.7. The van der Waals surface area contributed by atoms with Gasteiger partial charge in [-0.2, -0.15) is 10.2 Å². The van der Waals surface area contributed by atoms with Gasteiger partial charge in [-0.25, -0.2) is 23.4 Å². The first-order chi connectivity index (χ1) is 19.5. The maximum Gasteiger partial charge on any atom is 0.266 e. The number of nitrogens with two attached hydrogens (primary N) is 2. The zero-order valence-electron chi connectivity index (χ0n) is 22.6. The van der Waals surface area contributed by atoms with Gasteiger partial charge in [-0.15, -0.1) is 0 Å². The summed E-state index contributed by atoms with van der Waals surface area (Å²) in [6.07, 6.45) is 4.54. The molecule has 0 fully saturated rings. The fourth-order valence-corrected chi connectivity index (χ4v) is 4.46. The van der Waals surface area contributed by atoms with Crippen LogP contribution in [0.3, 0.4) is 0 Å². The molecule has 0 atom stereocenters. The Kier molecular flexibility index (Phi) is 8.25. The summed E-state index contributed by atoms with van der Waals surface area (Å²) in [5.74, 6) is 1.15. The van der Waals surface area contributed by atoms with Crippen LogP contribution in [-0.2, 0) is 16.4 Å². The highest BCUT2D eigenvalue weighted by Crippen LogP contribution is 2.28. The Hall–Kier alpha value is -5.35. The molecule has 4 N–H and O–H groups in total. The lowest BCUT2D eigenvalue weighted by Crippen LogP contribution is -2.25. The molecule has 0 unspecified atom stereocenters. The Balaban J connectivity index is 0.000000328. The lowest BCUT2D eigenvalue weighted by atomic mass is 10.0. The van der Waals surface area contributed by atoms with Gasteiger partial charge in [0, 0.05) is 19.7 Å². The number of rotatable bonds is 5. The Morgan fingerprint density at radius 2 is 1.76 bits per heavy atom. The van der Waals surface area contributed by atoms with E-state index < -0.39 is 10.0 Å². The number of nitrogen functional groups attached to an aromatic ring is 2. The zero-order valence-corrected chi connectivity index (χ0v) is 23.4. The van der Waals surface area contributed by atoms with E-state index in [1.165, 1.54) is 19.4 Å². The number of aryl methyl sites for hydroxylation is 1. The second-order valence-corrected chi connectivity index (χ2v) is 10.8. The molecule has 41 heavy (non-hydrogen) atoms. The molecule has 13 heteroatoms. The van der Waals surface area contributed by atoms with Crippen molar-refractivity contribution in [3.63, 3.8) is 0 Å². The summed E-state index contributed by atoms with van der Waals surface area (Å²) in [6.45, 7) is 1.97. The van der Waals surface area contributed by atoms with Crippen molar-refractivity contribution in [1.82, 2.24) is 24.5 Å². The molecule has 0 aliphatic rings. The van der Waals surface area contributed by atoms with Crippen molar-refractivity contribution in [3.8, 4) is 22.9 Å². The molecule has 0 amide bonds. The van der Waals surface area contributed by atoms with E-state index in [2.05, 4.69) is 15.0 Å². The summed E-state index contributed by atoms with van der Waals surface area (Å²) in [6, 6.07) is 20.2. The van der Waals surface area contributed by atoms with Crippen molar-refractivity contribution in [2.24, 2.45) is 0 Å². The smallest absolute Gasteiger partial charge is 0.266 e. The highest BCUT2D eigenvalue weighted by Gasteiger charge is 2.18. The molecule has 5 aromatic rings. The predicted octanol–water partition coefficient (Wildman–Crippen LogP) is 2.92. The molecule has 0 radical (unpaired) electrons. The Morgan fingerprint density at radius 1 is 1.02 bits per heavy atom. The summed E-state index contributed by atoms with van der Waals surface area (Å²) >= 11 is 0. The van der Waals surface area contributed by atoms with Crippen molar-refractivity contribution in [1.29, 1.82) is 5.26 Å². The number of pyridine rings is 1. The van der Waals surface area contributed by atoms with Crippen molar-refractivity contribution in [3.05, 3.63) is 94.8 Å². The van der Waals surface area contributed by atoms with E-state index in [1.807, 2.05) is 61.5 Å². The van der Waals surface area contributed by atoms with Crippen molar-refractivity contribution < 1.29 is 8.42 Å². The van der Waals surface area contributed by atoms with E-state index in [1.54, 1.807) is 16.7 Å². The van der Waals surface area contributed by atoms with Gasteiger partial charge in [0.05, 0.1) is 29.0 Å². The minimum atomic E-state index is -3.46. The molecule has 5 rings (SSSR count). The Morgan fingerprint density at radius 3 is 2.39 bits per heavy atom. The van der Waals surface area contributed by atoms with Gasteiger partial charge in [0.2, 0.25) is 16.0 Å². The predicted molar refractivity (Wildman–Crippen MR) is 159 cm³/mol. The largest absolute Gasteiger partial charge is 0.382 e. The lowest BCUT2D eigenvalue weighted by Gasteiger charge is -2.17. The highest BCUT2D eigenvalue weighted by atomic mass is 32.2. The third-order valence-electron chi connectivity index (χ3n) is 6.13. The fourth-order valence-electron chi connectivity index (χ4n) is 4.02. The fraction of sp³-hybridized carbons (Fsp3) is 0.143. The van der Waals surface area contributed by atoms with E-state index in [0.29, 0.717) is 34.3 Å². The van der Waals surface area contributed by atoms with Crippen LogP contribution in [0.15, 0.2) is 77.9 Å². The van der Waals surface area contributed by atoms with E-state index >= 15 is 0 Å². The Labute approximate surface area is 236 Å². The quantitative estimate of drug-likeness (QED) is 0.318. The monoisotopic (exact) mass is 569 g/mol. The topological polar surface area (TPSA) is 187 Å². The van der Waals surface area contributed by atoms with Gasteiger partial charge in [-0.1, -0.05) is 37.3 Å². The second kappa shape index (κ2) is 11.8. The molecule has 3 aromatic heterocycles. The van der Waals surface area contributed by atoms with Crippen LogP contribution in [0.25, 0.3) is 27.7 Å². The summed E-state index contributed by atoms with van der Waals surface area (Å²) in [4.78, 5) is 29.8. The number of para-hydroxylation sites is 1. The maximum atomic E-state index is 13.7. The number of hydrogen-bond acceptors (Lipinski definition) is 10. The van der Waals surface area contributed by atoms with Gasteiger partial charge >= 0.3 is 0 Å². The van der Waals surface area contributed by atoms with Gasteiger partial charge in [-0.05, 0) is 41.5 Å². The van der Waals surface area contributed by atoms with E-state index in [4.69, 9.17) is 21.7 Å². The summed E-state index contributed by atoms with van der Waals surface area (Å²) in [7, 11) is -2.02. The van der Waals surface area contributed by atoms with Crippen LogP contribution in [-0.4, -0.2) is 46.2 Å². The summed E-state index contributed by atoms with van der Waals surface area (Å²) < 4.78 is 26.6. The van der Waals surface area contributed by atoms with Crippen molar-refractivity contribution in [2.75, 3.05) is 29.1 Å². The number of fused-ring (bicyclic) bond motifs is 1.